The second-order valence-electron chi connectivity index (χ2n) is 8.87. The van der Waals surface area contributed by atoms with Gasteiger partial charge >= 0.3 is 5.97 Å². The van der Waals surface area contributed by atoms with E-state index in [1.54, 1.807) is 17.6 Å². The summed E-state index contributed by atoms with van der Waals surface area (Å²) >= 11 is 6.36. The van der Waals surface area contributed by atoms with Crippen molar-refractivity contribution < 1.29 is 14.6 Å². The lowest BCUT2D eigenvalue weighted by molar-refractivity contribution is -0.172. The van der Waals surface area contributed by atoms with Crippen LogP contribution in [-0.2, 0) is 34.8 Å². The zero-order chi connectivity index (χ0) is 24.3. The molecule has 8 heteroatoms. The van der Waals surface area contributed by atoms with Crippen molar-refractivity contribution in [3.63, 3.8) is 0 Å². The SMILES string of the molecule is CC[C@@]1(O)C(=O)OCc2c1cc1n(c2=O)Cc2c-1nc1ccccc1c2CNc1ccccc1Cl. The van der Waals surface area contributed by atoms with Crippen molar-refractivity contribution in [2.45, 2.75) is 38.6 Å². The summed E-state index contributed by atoms with van der Waals surface area (Å²) in [7, 11) is 0. The number of hydrogen-bond donors (Lipinski definition) is 2. The van der Waals surface area contributed by atoms with Crippen molar-refractivity contribution in [3.05, 3.63) is 92.2 Å². The third kappa shape index (κ3) is 3.19. The molecule has 0 saturated heterocycles. The van der Waals surface area contributed by atoms with Gasteiger partial charge in [0.15, 0.2) is 5.60 Å². The number of nitrogens with zero attached hydrogens (tertiary/aromatic N) is 2. The number of fused-ring (bicyclic) bond motifs is 5. The number of hydrogen-bond acceptors (Lipinski definition) is 6. The molecule has 35 heavy (non-hydrogen) atoms. The molecule has 4 aromatic rings. The van der Waals surface area contributed by atoms with Crippen molar-refractivity contribution >= 4 is 34.2 Å². The quantitative estimate of drug-likeness (QED) is 0.366. The molecule has 0 saturated carbocycles. The van der Waals surface area contributed by atoms with Gasteiger partial charge in [-0.15, -0.1) is 0 Å². The molecule has 176 valence electrons. The van der Waals surface area contributed by atoms with Crippen LogP contribution in [0.1, 0.15) is 35.6 Å². The molecule has 4 heterocycles. The molecule has 0 unspecified atom stereocenters. The zero-order valence-electron chi connectivity index (χ0n) is 19.0. The third-order valence-corrected chi connectivity index (χ3v) is 7.37. The molecule has 2 N–H and O–H groups in total. The van der Waals surface area contributed by atoms with Gasteiger partial charge in [0.2, 0.25) is 0 Å². The Hall–Kier alpha value is -3.68. The maximum Gasteiger partial charge on any atom is 0.343 e. The molecule has 6 rings (SSSR count). The largest absolute Gasteiger partial charge is 0.458 e. The molecule has 2 aromatic heterocycles. The van der Waals surface area contributed by atoms with Gasteiger partial charge in [0.1, 0.15) is 6.61 Å². The van der Waals surface area contributed by atoms with Gasteiger partial charge in [0, 0.05) is 23.1 Å². The molecule has 7 nitrogen and oxygen atoms in total. The predicted molar refractivity (Wildman–Crippen MR) is 133 cm³/mol. The summed E-state index contributed by atoms with van der Waals surface area (Å²) in [4.78, 5) is 30.8. The van der Waals surface area contributed by atoms with Gasteiger partial charge in [0.25, 0.3) is 5.56 Å². The number of benzene rings is 2. The number of pyridine rings is 2. The number of carbonyl (C=O) groups excluding carboxylic acids is 1. The van der Waals surface area contributed by atoms with Crippen LogP contribution in [0.2, 0.25) is 5.02 Å². The van der Waals surface area contributed by atoms with Crippen LogP contribution >= 0.6 is 11.6 Å². The first-order chi connectivity index (χ1) is 16.9. The molecule has 0 bridgehead atoms. The van der Waals surface area contributed by atoms with E-state index in [0.29, 0.717) is 40.6 Å². The molecule has 0 spiro atoms. The average molecular weight is 488 g/mol. The fraction of sp³-hybridized carbons (Fsp3) is 0.222. The first kappa shape index (κ1) is 21.8. The summed E-state index contributed by atoms with van der Waals surface area (Å²) in [5.74, 6) is -0.730. The Morgan fingerprint density at radius 2 is 1.91 bits per heavy atom. The van der Waals surface area contributed by atoms with Crippen molar-refractivity contribution in [2.24, 2.45) is 0 Å². The highest BCUT2D eigenvalue weighted by Gasteiger charge is 2.45. The second kappa shape index (κ2) is 7.93. The number of anilines is 1. The number of cyclic esters (lactones) is 1. The van der Waals surface area contributed by atoms with E-state index in [9.17, 15) is 14.7 Å². The molecule has 1 atom stereocenters. The highest BCUT2D eigenvalue weighted by molar-refractivity contribution is 6.33. The van der Waals surface area contributed by atoms with Crippen molar-refractivity contribution in [2.75, 3.05) is 5.32 Å². The molecular weight excluding hydrogens is 466 g/mol. The number of aromatic nitrogens is 2. The summed E-state index contributed by atoms with van der Waals surface area (Å²) in [6.45, 7) is 2.37. The Balaban J connectivity index is 1.55. The van der Waals surface area contributed by atoms with Gasteiger partial charge < -0.3 is 19.7 Å². The van der Waals surface area contributed by atoms with E-state index in [-0.39, 0.29) is 18.6 Å². The predicted octanol–water partition coefficient (Wildman–Crippen LogP) is 4.35. The van der Waals surface area contributed by atoms with Gasteiger partial charge in [-0.1, -0.05) is 48.9 Å². The summed E-state index contributed by atoms with van der Waals surface area (Å²) in [5, 5.41) is 16.1. The maximum absolute atomic E-state index is 13.5. The number of carbonyl (C=O) groups is 1. The lowest BCUT2D eigenvalue weighted by Crippen LogP contribution is -2.44. The van der Waals surface area contributed by atoms with Crippen LogP contribution in [-0.4, -0.2) is 20.6 Å². The Kier molecular flexibility index (Phi) is 4.95. The van der Waals surface area contributed by atoms with Crippen LogP contribution in [0.4, 0.5) is 5.69 Å². The normalized spacial score (nSPS) is 18.1. The second-order valence-corrected chi connectivity index (χ2v) is 9.28. The fourth-order valence-electron chi connectivity index (χ4n) is 5.10. The number of ether oxygens (including phenoxy) is 1. The summed E-state index contributed by atoms with van der Waals surface area (Å²) in [6.07, 6.45) is 0.104. The highest BCUT2D eigenvalue weighted by Crippen LogP contribution is 2.40. The van der Waals surface area contributed by atoms with Crippen LogP contribution in [0.5, 0.6) is 0 Å². The molecule has 2 aliphatic rings. The maximum atomic E-state index is 13.5. The van der Waals surface area contributed by atoms with Crippen LogP contribution in [0.25, 0.3) is 22.3 Å². The van der Waals surface area contributed by atoms with E-state index in [2.05, 4.69) is 5.32 Å². The monoisotopic (exact) mass is 487 g/mol. The van der Waals surface area contributed by atoms with Gasteiger partial charge in [-0.25, -0.2) is 9.78 Å². The van der Waals surface area contributed by atoms with E-state index in [0.717, 1.165) is 27.7 Å². The van der Waals surface area contributed by atoms with Gasteiger partial charge in [-0.2, -0.15) is 0 Å². The van der Waals surface area contributed by atoms with E-state index in [1.165, 1.54) is 0 Å². The topological polar surface area (TPSA) is 93.5 Å². The number of para-hydroxylation sites is 2. The highest BCUT2D eigenvalue weighted by atomic mass is 35.5. The molecule has 0 amide bonds. The van der Waals surface area contributed by atoms with E-state index >= 15 is 0 Å². The molecule has 0 fully saturated rings. The molecule has 0 radical (unpaired) electrons. The number of rotatable bonds is 4. The van der Waals surface area contributed by atoms with Crippen molar-refractivity contribution in [3.8, 4) is 11.4 Å². The Bertz CT molecular complexity index is 1600. The summed E-state index contributed by atoms with van der Waals surface area (Å²) in [5.41, 5.74) is 3.32. The first-order valence-electron chi connectivity index (χ1n) is 11.5. The minimum Gasteiger partial charge on any atom is -0.458 e. The molecule has 0 aliphatic carbocycles. The van der Waals surface area contributed by atoms with E-state index in [4.69, 9.17) is 21.3 Å². The molecular formula is C27H22ClN3O4. The van der Waals surface area contributed by atoms with Crippen LogP contribution in [0.15, 0.2) is 59.4 Å². The number of halogens is 1. The lowest BCUT2D eigenvalue weighted by atomic mass is 9.86. The van der Waals surface area contributed by atoms with Crippen LogP contribution in [0, 0.1) is 0 Å². The van der Waals surface area contributed by atoms with Crippen LogP contribution < -0.4 is 10.9 Å². The van der Waals surface area contributed by atoms with Crippen LogP contribution in [0.3, 0.4) is 0 Å². The zero-order valence-corrected chi connectivity index (χ0v) is 19.7. The van der Waals surface area contributed by atoms with E-state index in [1.807, 2.05) is 48.5 Å². The number of aliphatic hydroxyl groups is 1. The van der Waals surface area contributed by atoms with E-state index < -0.39 is 11.6 Å². The van der Waals surface area contributed by atoms with Crippen molar-refractivity contribution in [1.29, 1.82) is 0 Å². The van der Waals surface area contributed by atoms with Gasteiger partial charge in [0.05, 0.1) is 39.7 Å². The smallest absolute Gasteiger partial charge is 0.343 e. The first-order valence-corrected chi connectivity index (χ1v) is 11.9. The number of nitrogens with one attached hydrogen (secondary N) is 1. The molecule has 2 aromatic carbocycles. The number of esters is 1. The van der Waals surface area contributed by atoms with Gasteiger partial charge in [-0.3, -0.25) is 4.79 Å². The molecule has 2 aliphatic heterocycles. The average Bonchev–Trinajstić information content (AvgIpc) is 3.24. The summed E-state index contributed by atoms with van der Waals surface area (Å²) in [6, 6.07) is 17.1. The Morgan fingerprint density at radius 1 is 1.14 bits per heavy atom. The van der Waals surface area contributed by atoms with Crippen molar-refractivity contribution in [1.82, 2.24) is 9.55 Å². The lowest BCUT2D eigenvalue weighted by Gasteiger charge is -2.31. The third-order valence-electron chi connectivity index (χ3n) is 7.04. The standard InChI is InChI=1S/C27H22ClN3O4/c1-2-27(34)19-11-23-24-17(13-31(23)25(32)18(19)14-35-26(27)33)16(15-7-3-5-9-21(15)30-24)12-29-22-10-6-4-8-20(22)28/h3-11,29,34H,2,12-14H2,1H3/t27-/m0/s1. The Labute approximate surface area is 206 Å². The minimum absolute atomic E-state index is 0.104. The van der Waals surface area contributed by atoms with Gasteiger partial charge in [-0.05, 0) is 36.2 Å². The summed E-state index contributed by atoms with van der Waals surface area (Å²) < 4.78 is 6.83. The fourth-order valence-corrected chi connectivity index (χ4v) is 5.31. The Morgan fingerprint density at radius 3 is 2.71 bits per heavy atom. The minimum atomic E-state index is -1.85.